The SMILES string of the molecule is FC(F)c1cnn(CC2CCNC2)c1. The molecule has 1 aliphatic heterocycles. The van der Waals surface area contributed by atoms with Crippen LogP contribution in [0.2, 0.25) is 0 Å². The maximum absolute atomic E-state index is 12.2. The van der Waals surface area contributed by atoms with Crippen LogP contribution >= 0.6 is 0 Å². The quantitative estimate of drug-likeness (QED) is 0.801. The van der Waals surface area contributed by atoms with Crippen molar-refractivity contribution in [3.05, 3.63) is 18.0 Å². The molecule has 0 amide bonds. The van der Waals surface area contributed by atoms with Crippen molar-refractivity contribution in [1.82, 2.24) is 15.1 Å². The summed E-state index contributed by atoms with van der Waals surface area (Å²) in [5.74, 6) is 0.528. The molecular formula is C9H13F2N3. The molecule has 0 aliphatic carbocycles. The molecule has 1 aromatic heterocycles. The van der Waals surface area contributed by atoms with Crippen molar-refractivity contribution in [3.63, 3.8) is 0 Å². The number of hydrogen-bond donors (Lipinski definition) is 1. The van der Waals surface area contributed by atoms with Crippen LogP contribution in [-0.2, 0) is 6.54 Å². The van der Waals surface area contributed by atoms with E-state index in [1.54, 1.807) is 4.68 Å². The summed E-state index contributed by atoms with van der Waals surface area (Å²) in [5.41, 5.74) is 0.0101. The summed E-state index contributed by atoms with van der Waals surface area (Å²) in [6.07, 6.45) is 1.37. The van der Waals surface area contributed by atoms with Crippen LogP contribution in [0.25, 0.3) is 0 Å². The van der Waals surface area contributed by atoms with Gasteiger partial charge in [0, 0.05) is 12.7 Å². The molecule has 14 heavy (non-hydrogen) atoms. The van der Waals surface area contributed by atoms with E-state index in [9.17, 15) is 8.78 Å². The summed E-state index contributed by atoms with van der Waals surface area (Å²) in [6, 6.07) is 0. The zero-order valence-electron chi connectivity index (χ0n) is 7.79. The van der Waals surface area contributed by atoms with Gasteiger partial charge in [-0.2, -0.15) is 5.10 Å². The Balaban J connectivity index is 1.95. The fraction of sp³-hybridized carbons (Fsp3) is 0.667. The Morgan fingerprint density at radius 3 is 3.07 bits per heavy atom. The molecule has 0 bridgehead atoms. The van der Waals surface area contributed by atoms with Gasteiger partial charge in [-0.3, -0.25) is 4.68 Å². The summed E-state index contributed by atoms with van der Waals surface area (Å²) in [5, 5.41) is 7.14. The molecule has 1 aliphatic rings. The molecule has 3 nitrogen and oxygen atoms in total. The van der Waals surface area contributed by atoms with Gasteiger partial charge in [0.1, 0.15) is 0 Å². The van der Waals surface area contributed by atoms with Gasteiger partial charge in [0.15, 0.2) is 0 Å². The molecule has 2 heterocycles. The molecule has 2 rings (SSSR count). The van der Waals surface area contributed by atoms with E-state index in [0.717, 1.165) is 26.1 Å². The average molecular weight is 201 g/mol. The van der Waals surface area contributed by atoms with E-state index in [-0.39, 0.29) is 5.56 Å². The normalized spacial score (nSPS) is 22.1. The van der Waals surface area contributed by atoms with E-state index in [2.05, 4.69) is 10.4 Å². The highest BCUT2D eigenvalue weighted by Gasteiger charge is 2.16. The van der Waals surface area contributed by atoms with Crippen LogP contribution in [-0.4, -0.2) is 22.9 Å². The van der Waals surface area contributed by atoms with Crippen LogP contribution in [0.15, 0.2) is 12.4 Å². The van der Waals surface area contributed by atoms with E-state index >= 15 is 0 Å². The highest BCUT2D eigenvalue weighted by molar-refractivity contribution is 5.05. The van der Waals surface area contributed by atoms with Gasteiger partial charge in [-0.1, -0.05) is 0 Å². The topological polar surface area (TPSA) is 29.9 Å². The lowest BCUT2D eigenvalue weighted by Gasteiger charge is -2.07. The molecule has 1 unspecified atom stereocenters. The fourth-order valence-electron chi connectivity index (χ4n) is 1.73. The number of nitrogens with zero attached hydrogens (tertiary/aromatic N) is 2. The molecule has 1 fully saturated rings. The third-order valence-corrected chi connectivity index (χ3v) is 2.51. The van der Waals surface area contributed by atoms with Crippen molar-refractivity contribution < 1.29 is 8.78 Å². The Bertz CT molecular complexity index is 292. The Morgan fingerprint density at radius 1 is 1.64 bits per heavy atom. The largest absolute Gasteiger partial charge is 0.316 e. The van der Waals surface area contributed by atoms with Crippen molar-refractivity contribution in [2.45, 2.75) is 19.4 Å². The molecule has 0 radical (unpaired) electrons. The number of alkyl halides is 2. The highest BCUT2D eigenvalue weighted by Crippen LogP contribution is 2.18. The Morgan fingerprint density at radius 2 is 2.50 bits per heavy atom. The van der Waals surface area contributed by atoms with Gasteiger partial charge in [-0.05, 0) is 25.4 Å². The lowest BCUT2D eigenvalue weighted by Crippen LogP contribution is -2.14. The Labute approximate surface area is 81.1 Å². The number of rotatable bonds is 3. The van der Waals surface area contributed by atoms with Crippen LogP contribution in [0, 0.1) is 5.92 Å². The minimum Gasteiger partial charge on any atom is -0.316 e. The molecule has 1 saturated heterocycles. The second-order valence-electron chi connectivity index (χ2n) is 3.66. The predicted octanol–water partition coefficient (Wildman–Crippen LogP) is 1.43. The van der Waals surface area contributed by atoms with Gasteiger partial charge in [-0.15, -0.1) is 0 Å². The molecule has 1 N–H and O–H groups in total. The average Bonchev–Trinajstić information content (AvgIpc) is 2.75. The monoisotopic (exact) mass is 201 g/mol. The Kier molecular flexibility index (Phi) is 2.77. The highest BCUT2D eigenvalue weighted by atomic mass is 19.3. The summed E-state index contributed by atoms with van der Waals surface area (Å²) in [6.45, 7) is 2.72. The van der Waals surface area contributed by atoms with E-state index in [1.165, 1.54) is 12.4 Å². The van der Waals surface area contributed by atoms with Gasteiger partial charge in [-0.25, -0.2) is 8.78 Å². The van der Waals surface area contributed by atoms with Crippen molar-refractivity contribution in [2.24, 2.45) is 5.92 Å². The van der Waals surface area contributed by atoms with Crippen LogP contribution in [0.1, 0.15) is 18.4 Å². The van der Waals surface area contributed by atoms with E-state index in [1.807, 2.05) is 0 Å². The van der Waals surface area contributed by atoms with E-state index < -0.39 is 6.43 Å². The first-order chi connectivity index (χ1) is 6.75. The van der Waals surface area contributed by atoms with Crippen molar-refractivity contribution >= 4 is 0 Å². The van der Waals surface area contributed by atoms with Gasteiger partial charge < -0.3 is 5.32 Å². The number of nitrogens with one attached hydrogen (secondary N) is 1. The minimum absolute atomic E-state index is 0.0101. The second-order valence-corrected chi connectivity index (χ2v) is 3.66. The van der Waals surface area contributed by atoms with Gasteiger partial charge in [0.2, 0.25) is 0 Å². The van der Waals surface area contributed by atoms with Crippen LogP contribution in [0.5, 0.6) is 0 Å². The first-order valence-electron chi connectivity index (χ1n) is 4.77. The molecule has 0 saturated carbocycles. The minimum atomic E-state index is -2.41. The number of hydrogen-bond acceptors (Lipinski definition) is 2. The van der Waals surface area contributed by atoms with E-state index in [4.69, 9.17) is 0 Å². The number of aromatic nitrogens is 2. The van der Waals surface area contributed by atoms with Crippen LogP contribution in [0.3, 0.4) is 0 Å². The lowest BCUT2D eigenvalue weighted by molar-refractivity contribution is 0.151. The maximum Gasteiger partial charge on any atom is 0.266 e. The maximum atomic E-state index is 12.2. The fourth-order valence-corrected chi connectivity index (χ4v) is 1.73. The summed E-state index contributed by atoms with van der Waals surface area (Å²) >= 11 is 0. The van der Waals surface area contributed by atoms with Crippen LogP contribution in [0.4, 0.5) is 8.78 Å². The molecular weight excluding hydrogens is 188 g/mol. The molecule has 0 aromatic carbocycles. The molecule has 0 spiro atoms. The first-order valence-corrected chi connectivity index (χ1v) is 4.77. The van der Waals surface area contributed by atoms with Gasteiger partial charge in [0.25, 0.3) is 6.43 Å². The predicted molar refractivity (Wildman–Crippen MR) is 48.2 cm³/mol. The van der Waals surface area contributed by atoms with Crippen molar-refractivity contribution in [2.75, 3.05) is 13.1 Å². The van der Waals surface area contributed by atoms with Crippen LogP contribution < -0.4 is 5.32 Å². The number of halogens is 2. The smallest absolute Gasteiger partial charge is 0.266 e. The molecule has 78 valence electrons. The first kappa shape index (κ1) is 9.58. The lowest BCUT2D eigenvalue weighted by atomic mass is 10.1. The summed E-state index contributed by atoms with van der Waals surface area (Å²) in [7, 11) is 0. The molecule has 5 heteroatoms. The summed E-state index contributed by atoms with van der Waals surface area (Å²) < 4.78 is 26.1. The third kappa shape index (κ3) is 2.09. The Hall–Kier alpha value is -0.970. The van der Waals surface area contributed by atoms with Crippen molar-refractivity contribution in [3.8, 4) is 0 Å². The standard InChI is InChI=1S/C9H13F2N3/c10-9(11)8-4-13-14(6-8)5-7-1-2-12-3-7/h4,6-7,9,12H,1-3,5H2. The van der Waals surface area contributed by atoms with Gasteiger partial charge in [0.05, 0.1) is 11.8 Å². The summed E-state index contributed by atoms with van der Waals surface area (Å²) in [4.78, 5) is 0. The second kappa shape index (κ2) is 4.04. The zero-order chi connectivity index (χ0) is 9.97. The van der Waals surface area contributed by atoms with Gasteiger partial charge >= 0.3 is 0 Å². The molecule has 1 atom stereocenters. The van der Waals surface area contributed by atoms with Crippen molar-refractivity contribution in [1.29, 1.82) is 0 Å². The zero-order valence-corrected chi connectivity index (χ0v) is 7.79. The van der Waals surface area contributed by atoms with E-state index in [0.29, 0.717) is 5.92 Å². The third-order valence-electron chi connectivity index (χ3n) is 2.51. The molecule has 1 aromatic rings.